The van der Waals surface area contributed by atoms with Crippen molar-refractivity contribution < 1.29 is 9.21 Å². The summed E-state index contributed by atoms with van der Waals surface area (Å²) >= 11 is 0. The van der Waals surface area contributed by atoms with Crippen LogP contribution in [0, 0.1) is 13.8 Å². The van der Waals surface area contributed by atoms with Crippen LogP contribution in [-0.4, -0.2) is 24.0 Å². The van der Waals surface area contributed by atoms with Gasteiger partial charge in [0.05, 0.1) is 5.39 Å². The highest BCUT2D eigenvalue weighted by molar-refractivity contribution is 5.93. The minimum absolute atomic E-state index is 0.0168. The van der Waals surface area contributed by atoms with Crippen molar-refractivity contribution in [2.24, 2.45) is 0 Å². The number of pyridine rings is 1. The first kappa shape index (κ1) is 16.7. The van der Waals surface area contributed by atoms with Crippen molar-refractivity contribution in [1.82, 2.24) is 10.3 Å². The first-order valence-electron chi connectivity index (χ1n) is 8.02. The van der Waals surface area contributed by atoms with E-state index in [2.05, 4.69) is 15.6 Å². The lowest BCUT2D eigenvalue weighted by atomic mass is 10.1. The number of hydrogen-bond acceptors (Lipinski definition) is 5. The van der Waals surface area contributed by atoms with Gasteiger partial charge in [0.1, 0.15) is 5.58 Å². The highest BCUT2D eigenvalue weighted by atomic mass is 16.3. The molecular formula is C19H19N3O3. The quantitative estimate of drug-likeness (QED) is 0.699. The molecule has 0 aliphatic rings. The van der Waals surface area contributed by atoms with Crippen molar-refractivity contribution >= 4 is 22.6 Å². The van der Waals surface area contributed by atoms with Gasteiger partial charge in [0.15, 0.2) is 11.2 Å². The van der Waals surface area contributed by atoms with Crippen LogP contribution in [0.3, 0.4) is 0 Å². The van der Waals surface area contributed by atoms with Crippen LogP contribution < -0.4 is 16.1 Å². The third-order valence-corrected chi connectivity index (χ3v) is 3.85. The molecule has 0 spiro atoms. The molecule has 1 aromatic carbocycles. The van der Waals surface area contributed by atoms with Crippen molar-refractivity contribution in [3.05, 3.63) is 69.8 Å². The summed E-state index contributed by atoms with van der Waals surface area (Å²) in [6.07, 6.45) is 3.48. The number of carbonyl (C=O) groups excluding carboxylic acids is 1. The average Bonchev–Trinajstić information content (AvgIpc) is 2.59. The molecule has 2 N–H and O–H groups in total. The summed E-state index contributed by atoms with van der Waals surface area (Å²) in [7, 11) is 0. The second kappa shape index (κ2) is 7.17. The molecular weight excluding hydrogens is 318 g/mol. The third-order valence-electron chi connectivity index (χ3n) is 3.85. The van der Waals surface area contributed by atoms with Crippen molar-refractivity contribution in [3.8, 4) is 0 Å². The lowest BCUT2D eigenvalue weighted by Crippen LogP contribution is -2.29. The van der Waals surface area contributed by atoms with Crippen LogP contribution in [0.4, 0.5) is 5.69 Å². The van der Waals surface area contributed by atoms with Crippen LogP contribution in [0.25, 0.3) is 11.0 Å². The Morgan fingerprint density at radius 3 is 2.80 bits per heavy atom. The van der Waals surface area contributed by atoms with Gasteiger partial charge >= 0.3 is 0 Å². The van der Waals surface area contributed by atoms with Crippen LogP contribution in [0.15, 0.2) is 51.9 Å². The Balaban J connectivity index is 1.64. The fourth-order valence-electron chi connectivity index (χ4n) is 2.51. The number of fused-ring (bicyclic) bond motifs is 1. The maximum Gasteiger partial charge on any atom is 0.287 e. The number of nitrogens with one attached hydrogen (secondary N) is 2. The van der Waals surface area contributed by atoms with E-state index in [9.17, 15) is 9.59 Å². The molecule has 0 radical (unpaired) electrons. The average molecular weight is 337 g/mol. The van der Waals surface area contributed by atoms with E-state index in [1.165, 1.54) is 6.07 Å². The van der Waals surface area contributed by atoms with E-state index in [4.69, 9.17) is 4.42 Å². The zero-order valence-electron chi connectivity index (χ0n) is 14.1. The molecule has 0 aliphatic carbocycles. The van der Waals surface area contributed by atoms with E-state index < -0.39 is 5.91 Å². The van der Waals surface area contributed by atoms with E-state index >= 15 is 0 Å². The molecule has 0 fully saturated rings. The predicted octanol–water partition coefficient (Wildman–Crippen LogP) is 2.65. The van der Waals surface area contributed by atoms with Gasteiger partial charge in [-0.15, -0.1) is 0 Å². The van der Waals surface area contributed by atoms with Crippen LogP contribution in [-0.2, 0) is 0 Å². The summed E-state index contributed by atoms with van der Waals surface area (Å²) in [6.45, 7) is 4.81. The van der Waals surface area contributed by atoms with Gasteiger partial charge in [-0.05, 0) is 43.2 Å². The summed E-state index contributed by atoms with van der Waals surface area (Å²) in [6, 6.07) is 8.40. The number of aromatic nitrogens is 1. The number of amides is 1. The molecule has 6 nitrogen and oxygen atoms in total. The first-order chi connectivity index (χ1) is 12.0. The largest absolute Gasteiger partial charge is 0.451 e. The second-order valence-electron chi connectivity index (χ2n) is 5.85. The van der Waals surface area contributed by atoms with E-state index in [1.54, 1.807) is 24.5 Å². The molecule has 0 saturated heterocycles. The summed E-state index contributed by atoms with van der Waals surface area (Å²) in [5.74, 6) is -0.392. The van der Waals surface area contributed by atoms with E-state index in [-0.39, 0.29) is 11.2 Å². The van der Waals surface area contributed by atoms with Crippen molar-refractivity contribution in [1.29, 1.82) is 0 Å². The standard InChI is InChI=1S/C19H19N3O3/c1-12-3-4-14-16(23)10-18(25-17(14)9-12)19(24)22-8-7-21-15-5-6-20-11-13(15)2/h3-6,9-11H,7-8H2,1-2H3,(H,20,21)(H,22,24). The maximum atomic E-state index is 12.2. The number of rotatable bonds is 5. The smallest absolute Gasteiger partial charge is 0.287 e. The normalized spacial score (nSPS) is 10.6. The zero-order valence-corrected chi connectivity index (χ0v) is 14.1. The molecule has 0 atom stereocenters. The molecule has 0 aliphatic heterocycles. The van der Waals surface area contributed by atoms with Crippen molar-refractivity contribution in [2.45, 2.75) is 13.8 Å². The molecule has 3 aromatic rings. The number of hydrogen-bond donors (Lipinski definition) is 2. The Bertz CT molecular complexity index is 979. The molecule has 3 rings (SSSR count). The highest BCUT2D eigenvalue weighted by Gasteiger charge is 2.12. The maximum absolute atomic E-state index is 12.2. The summed E-state index contributed by atoms with van der Waals surface area (Å²) in [5.41, 5.74) is 3.16. The van der Waals surface area contributed by atoms with Gasteiger partial charge < -0.3 is 15.1 Å². The molecule has 2 heterocycles. The van der Waals surface area contributed by atoms with Gasteiger partial charge in [-0.1, -0.05) is 6.07 Å². The lowest BCUT2D eigenvalue weighted by Gasteiger charge is -2.09. The zero-order chi connectivity index (χ0) is 17.8. The van der Waals surface area contributed by atoms with Crippen LogP contribution >= 0.6 is 0 Å². The highest BCUT2D eigenvalue weighted by Crippen LogP contribution is 2.14. The predicted molar refractivity (Wildman–Crippen MR) is 97.0 cm³/mol. The van der Waals surface area contributed by atoms with Crippen molar-refractivity contribution in [3.63, 3.8) is 0 Å². The monoisotopic (exact) mass is 337 g/mol. The van der Waals surface area contributed by atoms with Crippen LogP contribution in [0.5, 0.6) is 0 Å². The second-order valence-corrected chi connectivity index (χ2v) is 5.85. The Hall–Kier alpha value is -3.15. The Kier molecular flexibility index (Phi) is 4.79. The summed E-state index contributed by atoms with van der Waals surface area (Å²) in [5, 5.41) is 6.44. The number of aryl methyl sites for hydroxylation is 2. The third kappa shape index (κ3) is 3.85. The van der Waals surface area contributed by atoms with Gasteiger partial charge in [0, 0.05) is 37.2 Å². The van der Waals surface area contributed by atoms with Crippen LogP contribution in [0.1, 0.15) is 21.7 Å². The Morgan fingerprint density at radius 1 is 1.16 bits per heavy atom. The van der Waals surface area contributed by atoms with E-state index in [1.807, 2.05) is 26.0 Å². The fraction of sp³-hybridized carbons (Fsp3) is 0.211. The summed E-state index contributed by atoms with van der Waals surface area (Å²) in [4.78, 5) is 28.4. The molecule has 25 heavy (non-hydrogen) atoms. The van der Waals surface area contributed by atoms with Gasteiger partial charge in [-0.2, -0.15) is 0 Å². The number of anilines is 1. The molecule has 128 valence electrons. The first-order valence-corrected chi connectivity index (χ1v) is 8.02. The summed E-state index contributed by atoms with van der Waals surface area (Å²) < 4.78 is 5.58. The van der Waals surface area contributed by atoms with Gasteiger partial charge in [0.25, 0.3) is 5.91 Å². The Labute approximate surface area is 144 Å². The van der Waals surface area contributed by atoms with E-state index in [0.717, 1.165) is 16.8 Å². The molecule has 2 aromatic heterocycles. The molecule has 1 amide bonds. The van der Waals surface area contributed by atoms with Gasteiger partial charge in [-0.3, -0.25) is 14.6 Å². The number of nitrogens with zero attached hydrogens (tertiary/aromatic N) is 1. The number of benzene rings is 1. The topological polar surface area (TPSA) is 84.2 Å². The molecule has 6 heteroatoms. The molecule has 0 saturated carbocycles. The minimum atomic E-state index is -0.409. The van der Waals surface area contributed by atoms with Crippen LogP contribution in [0.2, 0.25) is 0 Å². The van der Waals surface area contributed by atoms with Gasteiger partial charge in [-0.25, -0.2) is 0 Å². The molecule has 0 unspecified atom stereocenters. The Morgan fingerprint density at radius 2 is 2.00 bits per heavy atom. The van der Waals surface area contributed by atoms with Gasteiger partial charge in [0.2, 0.25) is 0 Å². The lowest BCUT2D eigenvalue weighted by molar-refractivity contribution is 0.0928. The number of carbonyl (C=O) groups is 1. The fourth-order valence-corrected chi connectivity index (χ4v) is 2.51. The minimum Gasteiger partial charge on any atom is -0.451 e. The van der Waals surface area contributed by atoms with E-state index in [0.29, 0.717) is 24.1 Å². The van der Waals surface area contributed by atoms with Crippen molar-refractivity contribution in [2.75, 3.05) is 18.4 Å². The SMILES string of the molecule is Cc1ccc2c(=O)cc(C(=O)NCCNc3ccncc3C)oc2c1. The molecule has 0 bridgehead atoms.